The molecule has 0 saturated carbocycles. The molecule has 2 amide bonds. The van der Waals surface area contributed by atoms with Gasteiger partial charge in [-0.05, 0) is 30.3 Å². The Hall–Kier alpha value is -1.63. The van der Waals surface area contributed by atoms with Gasteiger partial charge in [-0.3, -0.25) is 9.59 Å². The number of rotatable bonds is 2. The molecule has 1 saturated heterocycles. The lowest BCUT2D eigenvalue weighted by molar-refractivity contribution is 0.0689. The van der Waals surface area contributed by atoms with Crippen LogP contribution in [0.2, 0.25) is 0 Å². The Balaban J connectivity index is 2.20. The molecule has 2 rings (SSSR count). The molecule has 0 radical (unpaired) electrons. The zero-order valence-electron chi connectivity index (χ0n) is 11.1. The Morgan fingerprint density at radius 1 is 1.53 bits per heavy atom. The smallest absolute Gasteiger partial charge is 0.272 e. The van der Waals surface area contributed by atoms with Gasteiger partial charge in [0, 0.05) is 20.1 Å². The summed E-state index contributed by atoms with van der Waals surface area (Å²) in [5.41, 5.74) is 6.19. The molecular formula is C12H18N4O2S. The normalized spacial score (nSPS) is 19.3. The molecule has 1 aliphatic rings. The molecule has 0 spiro atoms. The largest absolute Gasteiger partial charge is 0.395 e. The first-order chi connectivity index (χ1) is 9.04. The first-order valence-electron chi connectivity index (χ1n) is 6.31. The van der Waals surface area contributed by atoms with Crippen LogP contribution in [0.4, 0.5) is 5.69 Å². The summed E-state index contributed by atoms with van der Waals surface area (Å²) in [5.74, 6) is 0.0294. The van der Waals surface area contributed by atoms with Gasteiger partial charge >= 0.3 is 0 Å². The number of carbonyl (C=O) groups is 2. The average molecular weight is 282 g/mol. The summed E-state index contributed by atoms with van der Waals surface area (Å²) >= 11 is 0.996. The molecule has 0 aromatic carbocycles. The third-order valence-corrected chi connectivity index (χ3v) is 4.16. The summed E-state index contributed by atoms with van der Waals surface area (Å²) in [6.07, 6.45) is 2.15. The van der Waals surface area contributed by atoms with Gasteiger partial charge < -0.3 is 16.0 Å². The second-order valence-electron chi connectivity index (χ2n) is 4.85. The molecule has 7 heteroatoms. The van der Waals surface area contributed by atoms with E-state index in [1.165, 1.54) is 7.05 Å². The van der Waals surface area contributed by atoms with Gasteiger partial charge in [-0.15, -0.1) is 0 Å². The van der Waals surface area contributed by atoms with E-state index in [0.717, 1.165) is 37.5 Å². The van der Waals surface area contributed by atoms with Crippen molar-refractivity contribution < 1.29 is 9.59 Å². The van der Waals surface area contributed by atoms with E-state index in [1.807, 2.05) is 0 Å². The van der Waals surface area contributed by atoms with Crippen molar-refractivity contribution in [3.8, 4) is 0 Å². The first-order valence-corrected chi connectivity index (χ1v) is 7.08. The quantitative estimate of drug-likeness (QED) is 0.845. The van der Waals surface area contributed by atoms with Crippen LogP contribution >= 0.6 is 11.5 Å². The monoisotopic (exact) mass is 282 g/mol. The van der Waals surface area contributed by atoms with Crippen LogP contribution < -0.4 is 11.1 Å². The van der Waals surface area contributed by atoms with E-state index in [-0.39, 0.29) is 23.2 Å². The predicted octanol–water partition coefficient (Wildman–Crippen LogP) is 0.957. The maximum atomic E-state index is 12.4. The number of anilines is 1. The van der Waals surface area contributed by atoms with Gasteiger partial charge in [0.15, 0.2) is 5.69 Å². The van der Waals surface area contributed by atoms with Crippen LogP contribution in [-0.4, -0.2) is 41.2 Å². The highest BCUT2D eigenvalue weighted by molar-refractivity contribution is 7.09. The van der Waals surface area contributed by atoms with Gasteiger partial charge in [-0.25, -0.2) is 0 Å². The van der Waals surface area contributed by atoms with E-state index in [2.05, 4.69) is 16.6 Å². The second kappa shape index (κ2) is 5.56. The van der Waals surface area contributed by atoms with E-state index in [4.69, 9.17) is 5.73 Å². The Kier molecular flexibility index (Phi) is 4.04. The third-order valence-electron chi connectivity index (χ3n) is 3.31. The van der Waals surface area contributed by atoms with Crippen molar-refractivity contribution in [3.63, 3.8) is 0 Å². The fourth-order valence-electron chi connectivity index (χ4n) is 2.25. The number of hydrogen-bond acceptors (Lipinski definition) is 5. The number of nitrogens with two attached hydrogens (primary N) is 1. The zero-order chi connectivity index (χ0) is 14.0. The van der Waals surface area contributed by atoms with E-state index < -0.39 is 0 Å². The topological polar surface area (TPSA) is 88.3 Å². The Bertz CT molecular complexity index is 500. The fraction of sp³-hybridized carbons (Fsp3) is 0.583. The number of hydrogen-bond donors (Lipinski definition) is 2. The lowest BCUT2D eigenvalue weighted by atomic mass is 10.0. The minimum Gasteiger partial charge on any atom is -0.395 e. The molecule has 19 heavy (non-hydrogen) atoms. The fourth-order valence-corrected chi connectivity index (χ4v) is 3.02. The van der Waals surface area contributed by atoms with Crippen LogP contribution in [0.1, 0.15) is 39.9 Å². The average Bonchev–Trinajstić information content (AvgIpc) is 2.79. The maximum absolute atomic E-state index is 12.4. The van der Waals surface area contributed by atoms with Crippen molar-refractivity contribution in [2.45, 2.75) is 19.8 Å². The van der Waals surface area contributed by atoms with E-state index in [0.29, 0.717) is 10.8 Å². The number of carbonyl (C=O) groups excluding carboxylic acids is 2. The third kappa shape index (κ3) is 2.70. The molecule has 1 aromatic rings. The molecule has 6 nitrogen and oxygen atoms in total. The number of aromatic nitrogens is 1. The van der Waals surface area contributed by atoms with Crippen molar-refractivity contribution in [1.29, 1.82) is 0 Å². The number of nitrogen functional groups attached to an aromatic ring is 1. The number of nitrogens with one attached hydrogen (secondary N) is 1. The summed E-state index contributed by atoms with van der Waals surface area (Å²) in [5, 5.41) is 2.46. The summed E-state index contributed by atoms with van der Waals surface area (Å²) in [7, 11) is 1.51. The maximum Gasteiger partial charge on any atom is 0.272 e. The highest BCUT2D eigenvalue weighted by Crippen LogP contribution is 2.25. The Morgan fingerprint density at radius 3 is 2.89 bits per heavy atom. The number of amides is 2. The van der Waals surface area contributed by atoms with Gasteiger partial charge in [0.05, 0.1) is 5.69 Å². The van der Waals surface area contributed by atoms with Crippen LogP contribution in [0.3, 0.4) is 0 Å². The number of piperidine rings is 1. The summed E-state index contributed by atoms with van der Waals surface area (Å²) in [6, 6.07) is 0. The minimum atomic E-state index is -0.361. The molecule has 104 valence electrons. The molecule has 3 N–H and O–H groups in total. The molecular weight excluding hydrogens is 264 g/mol. The minimum absolute atomic E-state index is 0.114. The zero-order valence-corrected chi connectivity index (χ0v) is 11.9. The van der Waals surface area contributed by atoms with Gasteiger partial charge in [0.25, 0.3) is 11.8 Å². The van der Waals surface area contributed by atoms with Gasteiger partial charge in [-0.2, -0.15) is 4.37 Å². The van der Waals surface area contributed by atoms with Crippen molar-refractivity contribution in [2.24, 2.45) is 5.92 Å². The van der Waals surface area contributed by atoms with Gasteiger partial charge in [0.1, 0.15) is 4.88 Å². The molecule has 1 atom stereocenters. The molecule has 0 bridgehead atoms. The molecule has 1 fully saturated rings. The molecule has 1 aliphatic heterocycles. The van der Waals surface area contributed by atoms with Gasteiger partial charge in [-0.1, -0.05) is 6.92 Å². The summed E-state index contributed by atoms with van der Waals surface area (Å²) in [4.78, 5) is 26.1. The standard InChI is InChI=1S/C12H18N4O2S/c1-7-4-3-5-16(6-7)12(18)10-8(13)9(15-19-10)11(17)14-2/h7H,3-6,13H2,1-2H3,(H,14,17)/t7-/m0/s1. The lowest BCUT2D eigenvalue weighted by Gasteiger charge is -2.30. The number of likely N-dealkylation sites (tertiary alicyclic amines) is 1. The second-order valence-corrected chi connectivity index (χ2v) is 5.63. The van der Waals surface area contributed by atoms with Crippen LogP contribution in [0.25, 0.3) is 0 Å². The highest BCUT2D eigenvalue weighted by atomic mass is 32.1. The SMILES string of the molecule is CNC(=O)c1nsc(C(=O)N2CCC[C@H](C)C2)c1N. The Morgan fingerprint density at radius 2 is 2.26 bits per heavy atom. The van der Waals surface area contributed by atoms with Crippen molar-refractivity contribution >= 4 is 29.0 Å². The van der Waals surface area contributed by atoms with E-state index in [1.54, 1.807) is 4.90 Å². The predicted molar refractivity (Wildman–Crippen MR) is 74.2 cm³/mol. The van der Waals surface area contributed by atoms with Crippen LogP contribution in [0.5, 0.6) is 0 Å². The van der Waals surface area contributed by atoms with Crippen molar-refractivity contribution in [1.82, 2.24) is 14.6 Å². The lowest BCUT2D eigenvalue weighted by Crippen LogP contribution is -2.39. The summed E-state index contributed by atoms with van der Waals surface area (Å²) < 4.78 is 3.98. The number of nitrogens with zero attached hydrogens (tertiary/aromatic N) is 2. The van der Waals surface area contributed by atoms with Crippen molar-refractivity contribution in [3.05, 3.63) is 10.6 Å². The summed E-state index contributed by atoms with van der Waals surface area (Å²) in [6.45, 7) is 3.62. The molecule has 2 heterocycles. The molecule has 0 unspecified atom stereocenters. The first kappa shape index (κ1) is 13.8. The van der Waals surface area contributed by atoms with Crippen LogP contribution in [-0.2, 0) is 0 Å². The Labute approximate surface area is 116 Å². The molecule has 0 aliphatic carbocycles. The van der Waals surface area contributed by atoms with E-state index >= 15 is 0 Å². The van der Waals surface area contributed by atoms with Crippen molar-refractivity contribution in [2.75, 3.05) is 25.9 Å². The van der Waals surface area contributed by atoms with Gasteiger partial charge in [0.2, 0.25) is 0 Å². The highest BCUT2D eigenvalue weighted by Gasteiger charge is 2.27. The van der Waals surface area contributed by atoms with E-state index in [9.17, 15) is 9.59 Å². The molecule has 1 aromatic heterocycles. The van der Waals surface area contributed by atoms with Crippen LogP contribution in [0, 0.1) is 5.92 Å². The van der Waals surface area contributed by atoms with Crippen LogP contribution in [0.15, 0.2) is 0 Å².